The van der Waals surface area contributed by atoms with Gasteiger partial charge in [0.1, 0.15) is 11.0 Å². The maximum absolute atomic E-state index is 2.39. The van der Waals surface area contributed by atoms with E-state index < -0.39 is 0 Å². The van der Waals surface area contributed by atoms with Crippen molar-refractivity contribution in [3.8, 4) is 0 Å². The summed E-state index contributed by atoms with van der Waals surface area (Å²) in [6, 6.07) is 11.2. The Labute approximate surface area is 180 Å². The zero-order valence-electron chi connectivity index (χ0n) is 19.4. The molecule has 1 rings (SSSR count). The molecule has 0 aromatic heterocycles. The summed E-state index contributed by atoms with van der Waals surface area (Å²) < 4.78 is 0. The van der Waals surface area contributed by atoms with Crippen LogP contribution in [0.4, 0.5) is 0 Å². The molecule has 0 nitrogen and oxygen atoms in total. The van der Waals surface area contributed by atoms with Crippen molar-refractivity contribution in [2.24, 2.45) is 0 Å². The van der Waals surface area contributed by atoms with Crippen LogP contribution in [-0.4, -0.2) is 11.0 Å². The standard InChI is InChI=1S/C27H49S/c1-4-5-6-7-8-9-10-11-12-13-14-15-16-17-18-22-25-28(26(2)3)27-23-20-19-21-24-27/h19-21,23-24,26H,4-18,22,25H2,1-3H3/q+1. The van der Waals surface area contributed by atoms with Crippen molar-refractivity contribution in [1.82, 2.24) is 0 Å². The van der Waals surface area contributed by atoms with E-state index in [0.717, 1.165) is 5.25 Å². The highest BCUT2D eigenvalue weighted by molar-refractivity contribution is 7.97. The number of unbranched alkanes of at least 4 members (excludes halogenated alkanes) is 15. The fourth-order valence-corrected chi connectivity index (χ4v) is 6.30. The summed E-state index contributed by atoms with van der Waals surface area (Å²) in [6.45, 7) is 7.08. The Morgan fingerprint density at radius 2 is 0.964 bits per heavy atom. The fraction of sp³-hybridized carbons (Fsp3) is 0.778. The third kappa shape index (κ3) is 13.7. The zero-order valence-corrected chi connectivity index (χ0v) is 20.2. The van der Waals surface area contributed by atoms with E-state index in [9.17, 15) is 0 Å². The highest BCUT2D eigenvalue weighted by Gasteiger charge is 2.24. The van der Waals surface area contributed by atoms with Gasteiger partial charge in [0, 0.05) is 10.9 Å². The summed E-state index contributed by atoms with van der Waals surface area (Å²) in [4.78, 5) is 1.57. The first-order valence-electron chi connectivity index (χ1n) is 12.5. The van der Waals surface area contributed by atoms with Crippen LogP contribution >= 0.6 is 0 Å². The van der Waals surface area contributed by atoms with E-state index in [2.05, 4.69) is 51.1 Å². The monoisotopic (exact) mass is 405 g/mol. The second-order valence-corrected chi connectivity index (χ2v) is 11.5. The van der Waals surface area contributed by atoms with Gasteiger partial charge in [0.15, 0.2) is 4.90 Å². The van der Waals surface area contributed by atoms with Gasteiger partial charge in [0.05, 0.1) is 0 Å². The maximum atomic E-state index is 2.39. The molecule has 162 valence electrons. The molecule has 0 radical (unpaired) electrons. The van der Waals surface area contributed by atoms with Gasteiger partial charge < -0.3 is 0 Å². The predicted octanol–water partition coefficient (Wildman–Crippen LogP) is 9.33. The lowest BCUT2D eigenvalue weighted by molar-refractivity contribution is 0.531. The largest absolute Gasteiger partial charge is 0.155 e. The molecule has 1 aromatic carbocycles. The van der Waals surface area contributed by atoms with Gasteiger partial charge in [-0.3, -0.25) is 0 Å². The van der Waals surface area contributed by atoms with Crippen LogP contribution in [0.2, 0.25) is 0 Å². The molecule has 0 bridgehead atoms. The van der Waals surface area contributed by atoms with E-state index in [1.165, 1.54) is 108 Å². The van der Waals surface area contributed by atoms with Gasteiger partial charge in [0.25, 0.3) is 0 Å². The number of benzene rings is 1. The lowest BCUT2D eigenvalue weighted by Crippen LogP contribution is -2.19. The van der Waals surface area contributed by atoms with Crippen LogP contribution in [0, 0.1) is 0 Å². The van der Waals surface area contributed by atoms with Gasteiger partial charge in [-0.05, 0) is 38.8 Å². The molecule has 0 N–H and O–H groups in total. The summed E-state index contributed by atoms with van der Waals surface area (Å²) in [5.74, 6) is 1.39. The molecule has 0 fully saturated rings. The van der Waals surface area contributed by atoms with Crippen molar-refractivity contribution >= 4 is 10.9 Å². The molecule has 0 saturated carbocycles. The van der Waals surface area contributed by atoms with E-state index >= 15 is 0 Å². The number of hydrogen-bond donors (Lipinski definition) is 0. The molecule has 1 aromatic rings. The molecular formula is C27H49S+. The van der Waals surface area contributed by atoms with Crippen LogP contribution in [0.25, 0.3) is 0 Å². The van der Waals surface area contributed by atoms with Crippen LogP contribution < -0.4 is 0 Å². The Hall–Kier alpha value is -0.430. The zero-order chi connectivity index (χ0) is 20.3. The van der Waals surface area contributed by atoms with Crippen molar-refractivity contribution in [3.05, 3.63) is 30.3 Å². The Morgan fingerprint density at radius 1 is 0.571 bits per heavy atom. The second kappa shape index (κ2) is 18.6. The van der Waals surface area contributed by atoms with Crippen molar-refractivity contribution in [2.45, 2.75) is 134 Å². The lowest BCUT2D eigenvalue weighted by atomic mass is 10.0. The summed E-state index contributed by atoms with van der Waals surface area (Å²) in [5.41, 5.74) is 0. The lowest BCUT2D eigenvalue weighted by Gasteiger charge is -2.11. The third-order valence-corrected chi connectivity index (χ3v) is 8.58. The van der Waals surface area contributed by atoms with Crippen LogP contribution in [0.5, 0.6) is 0 Å². The molecule has 0 aliphatic rings. The van der Waals surface area contributed by atoms with Crippen LogP contribution in [-0.2, 0) is 10.9 Å². The first-order valence-corrected chi connectivity index (χ1v) is 14.0. The van der Waals surface area contributed by atoms with Crippen molar-refractivity contribution in [1.29, 1.82) is 0 Å². The van der Waals surface area contributed by atoms with Gasteiger partial charge in [-0.1, -0.05) is 115 Å². The molecular weight excluding hydrogens is 356 g/mol. The first-order chi connectivity index (χ1) is 13.8. The molecule has 0 saturated heterocycles. The topological polar surface area (TPSA) is 0 Å². The van der Waals surface area contributed by atoms with Crippen LogP contribution in [0.15, 0.2) is 35.2 Å². The molecule has 28 heavy (non-hydrogen) atoms. The van der Waals surface area contributed by atoms with Gasteiger partial charge in [-0.2, -0.15) is 0 Å². The molecule has 0 aliphatic heterocycles. The number of hydrogen-bond acceptors (Lipinski definition) is 0. The average Bonchev–Trinajstić information content (AvgIpc) is 2.70. The van der Waals surface area contributed by atoms with E-state index in [0.29, 0.717) is 10.9 Å². The predicted molar refractivity (Wildman–Crippen MR) is 132 cm³/mol. The van der Waals surface area contributed by atoms with E-state index in [1.807, 2.05) is 0 Å². The average molecular weight is 406 g/mol. The highest BCUT2D eigenvalue weighted by atomic mass is 32.2. The van der Waals surface area contributed by atoms with E-state index in [4.69, 9.17) is 0 Å². The van der Waals surface area contributed by atoms with Crippen molar-refractivity contribution in [3.63, 3.8) is 0 Å². The SMILES string of the molecule is CCCCCCCCCCCCCCCCCC[S+](c1ccccc1)C(C)C. The fourth-order valence-electron chi connectivity index (χ4n) is 4.03. The van der Waals surface area contributed by atoms with Gasteiger partial charge in [-0.25, -0.2) is 0 Å². The van der Waals surface area contributed by atoms with Gasteiger partial charge in [-0.15, -0.1) is 0 Å². The highest BCUT2D eigenvalue weighted by Crippen LogP contribution is 2.21. The Kier molecular flexibility index (Phi) is 17.0. The first kappa shape index (κ1) is 25.6. The second-order valence-electron chi connectivity index (χ2n) is 8.80. The smallest absolute Gasteiger partial charge is 0.0654 e. The molecule has 0 spiro atoms. The quantitative estimate of drug-likeness (QED) is 0.159. The van der Waals surface area contributed by atoms with Gasteiger partial charge in [0.2, 0.25) is 0 Å². The summed E-state index contributed by atoms with van der Waals surface area (Å²) in [7, 11) is 0.443. The molecule has 1 unspecified atom stereocenters. The number of rotatable bonds is 19. The summed E-state index contributed by atoms with van der Waals surface area (Å²) in [5, 5.41) is 0.777. The van der Waals surface area contributed by atoms with Crippen LogP contribution in [0.1, 0.15) is 124 Å². The third-order valence-electron chi connectivity index (χ3n) is 5.83. The molecule has 1 atom stereocenters. The molecule has 0 heterocycles. The Balaban J connectivity index is 1.87. The minimum Gasteiger partial charge on any atom is -0.0654 e. The van der Waals surface area contributed by atoms with E-state index in [1.54, 1.807) is 4.90 Å². The minimum absolute atomic E-state index is 0.443. The Bertz CT molecular complexity index is 425. The minimum atomic E-state index is 0.443. The molecule has 1 heteroatoms. The van der Waals surface area contributed by atoms with Crippen molar-refractivity contribution in [2.75, 3.05) is 5.75 Å². The maximum Gasteiger partial charge on any atom is 0.155 e. The Morgan fingerprint density at radius 3 is 1.36 bits per heavy atom. The normalized spacial score (nSPS) is 12.6. The van der Waals surface area contributed by atoms with E-state index in [-0.39, 0.29) is 0 Å². The summed E-state index contributed by atoms with van der Waals surface area (Å²) >= 11 is 0. The molecule has 0 aliphatic carbocycles. The van der Waals surface area contributed by atoms with Gasteiger partial charge >= 0.3 is 0 Å². The van der Waals surface area contributed by atoms with Crippen molar-refractivity contribution < 1.29 is 0 Å². The summed E-state index contributed by atoms with van der Waals surface area (Å²) in [6.07, 6.45) is 23.3. The molecule has 0 amide bonds. The van der Waals surface area contributed by atoms with Crippen LogP contribution in [0.3, 0.4) is 0 Å².